The van der Waals surface area contributed by atoms with Crippen LogP contribution in [-0.2, 0) is 9.59 Å². The largest absolute Gasteiger partial charge is 1.00 e. The van der Waals surface area contributed by atoms with Gasteiger partial charge in [0.25, 0.3) is 17.5 Å². The molecule has 0 bridgehead atoms. The highest BCUT2D eigenvalue weighted by molar-refractivity contribution is 7.81. The molecular weight excluding hydrogens is 526 g/mol. The summed E-state index contributed by atoms with van der Waals surface area (Å²) in [6, 6.07) is 22.3. The molecule has 11 heteroatoms. The quantitative estimate of drug-likeness (QED) is 0.154. The Balaban J connectivity index is 0.00000336. The van der Waals surface area contributed by atoms with Gasteiger partial charge in [0.2, 0.25) is 0 Å². The number of non-ortho nitro benzene ring substituents is 1. The van der Waals surface area contributed by atoms with Gasteiger partial charge in [-0.05, 0) is 48.6 Å². The van der Waals surface area contributed by atoms with E-state index in [9.17, 15) is 19.7 Å². The molecule has 2 aliphatic heterocycles. The van der Waals surface area contributed by atoms with Crippen LogP contribution >= 0.6 is 12.2 Å². The number of anilines is 3. The second kappa shape index (κ2) is 11.5. The molecule has 3 aromatic carbocycles. The summed E-state index contributed by atoms with van der Waals surface area (Å²) >= 11 is 5.65. The van der Waals surface area contributed by atoms with Gasteiger partial charge in [0.1, 0.15) is 5.57 Å². The molecular formula is C27H24ClN5O4S. The van der Waals surface area contributed by atoms with Crippen LogP contribution < -0.4 is 32.4 Å². The number of hydrogen-bond acceptors (Lipinski definition) is 6. The maximum Gasteiger partial charge on any atom is 0.270 e. The number of thiocarbonyl (C=S) groups is 1. The lowest BCUT2D eigenvalue weighted by molar-refractivity contribution is -0.655. The van der Waals surface area contributed by atoms with E-state index in [1.165, 1.54) is 28.0 Å². The van der Waals surface area contributed by atoms with E-state index in [-0.39, 0.29) is 28.8 Å². The first-order valence-corrected chi connectivity index (χ1v) is 12.3. The lowest BCUT2D eigenvalue weighted by Gasteiger charge is -2.36. The molecule has 0 spiro atoms. The van der Waals surface area contributed by atoms with Crippen molar-refractivity contribution in [1.82, 2.24) is 0 Å². The number of nitrogens with zero attached hydrogens (tertiary/aromatic N) is 4. The third kappa shape index (κ3) is 5.14. The van der Waals surface area contributed by atoms with Crippen LogP contribution in [0.2, 0.25) is 0 Å². The number of hydrogen-bond donors (Lipinski definition) is 1. The van der Waals surface area contributed by atoms with Gasteiger partial charge in [0.05, 0.1) is 42.5 Å². The number of carbonyl (C=O) groups is 2. The fourth-order valence-corrected chi connectivity index (χ4v) is 4.92. The van der Waals surface area contributed by atoms with Crippen molar-refractivity contribution >= 4 is 58.0 Å². The summed E-state index contributed by atoms with van der Waals surface area (Å²) in [6.07, 6.45) is 1.46. The number of para-hydroxylation sites is 2. The highest BCUT2D eigenvalue weighted by atomic mass is 35.5. The average Bonchev–Trinajstić information content (AvgIpc) is 2.92. The molecule has 2 fully saturated rings. The zero-order valence-electron chi connectivity index (χ0n) is 20.2. The monoisotopic (exact) mass is 549 g/mol. The SMILES string of the molecule is O=C1C(=Cc2cc([N+](=O)[O-])ccc2N2CC[NH2+]CC2)C(=O)N(c2ccccc2)C(=S)N1c1ccccc1.[Cl-]. The van der Waals surface area contributed by atoms with E-state index < -0.39 is 16.7 Å². The van der Waals surface area contributed by atoms with E-state index in [1.54, 1.807) is 54.6 Å². The minimum absolute atomic E-state index is 0. The Morgan fingerprint density at radius 3 is 1.87 bits per heavy atom. The molecule has 0 atom stereocenters. The second-order valence-corrected chi connectivity index (χ2v) is 9.01. The molecule has 9 nitrogen and oxygen atoms in total. The predicted octanol–water partition coefficient (Wildman–Crippen LogP) is -0.269. The molecule has 38 heavy (non-hydrogen) atoms. The Kier molecular flexibility index (Phi) is 8.16. The van der Waals surface area contributed by atoms with Gasteiger partial charge in [-0.15, -0.1) is 0 Å². The second-order valence-electron chi connectivity index (χ2n) is 8.65. The van der Waals surface area contributed by atoms with Crippen LogP contribution in [0.5, 0.6) is 0 Å². The first-order chi connectivity index (χ1) is 18.0. The van der Waals surface area contributed by atoms with E-state index in [2.05, 4.69) is 10.2 Å². The van der Waals surface area contributed by atoms with Crippen LogP contribution in [0.4, 0.5) is 22.7 Å². The van der Waals surface area contributed by atoms with Crippen molar-refractivity contribution in [2.24, 2.45) is 0 Å². The lowest BCUT2D eigenvalue weighted by atomic mass is 10.0. The summed E-state index contributed by atoms with van der Waals surface area (Å²) < 4.78 is 0. The summed E-state index contributed by atoms with van der Waals surface area (Å²) in [6.45, 7) is 3.24. The van der Waals surface area contributed by atoms with Crippen molar-refractivity contribution in [2.75, 3.05) is 40.9 Å². The van der Waals surface area contributed by atoms with Crippen LogP contribution in [0.1, 0.15) is 5.56 Å². The molecule has 2 N–H and O–H groups in total. The summed E-state index contributed by atoms with van der Waals surface area (Å²) in [5.74, 6) is -1.17. The fraction of sp³-hybridized carbons (Fsp3) is 0.148. The molecule has 5 rings (SSSR count). The Labute approximate surface area is 230 Å². The Bertz CT molecular complexity index is 1350. The topological polar surface area (TPSA) is 104 Å². The maximum absolute atomic E-state index is 13.8. The fourth-order valence-electron chi connectivity index (χ4n) is 4.54. The summed E-state index contributed by atoms with van der Waals surface area (Å²) in [4.78, 5) is 43.5. The maximum atomic E-state index is 13.8. The number of halogens is 1. The van der Waals surface area contributed by atoms with Crippen LogP contribution in [0, 0.1) is 10.1 Å². The van der Waals surface area contributed by atoms with Crippen molar-refractivity contribution in [3.05, 3.63) is 100 Å². The lowest BCUT2D eigenvalue weighted by Crippen LogP contribution is -3.00. The zero-order chi connectivity index (χ0) is 25.9. The molecule has 0 saturated carbocycles. The van der Waals surface area contributed by atoms with Crippen molar-refractivity contribution in [3.63, 3.8) is 0 Å². The van der Waals surface area contributed by atoms with Crippen molar-refractivity contribution in [2.45, 2.75) is 0 Å². The van der Waals surface area contributed by atoms with Crippen molar-refractivity contribution in [3.8, 4) is 0 Å². The van der Waals surface area contributed by atoms with E-state index in [4.69, 9.17) is 12.2 Å². The molecule has 2 aliphatic rings. The number of nitro groups is 1. The minimum atomic E-state index is -0.585. The number of amides is 2. The van der Waals surface area contributed by atoms with Crippen molar-refractivity contribution in [1.29, 1.82) is 0 Å². The Morgan fingerprint density at radius 2 is 1.37 bits per heavy atom. The van der Waals surface area contributed by atoms with Crippen molar-refractivity contribution < 1.29 is 32.2 Å². The molecule has 3 aromatic rings. The molecule has 0 unspecified atom stereocenters. The minimum Gasteiger partial charge on any atom is -1.00 e. The molecule has 0 radical (unpaired) electrons. The van der Waals surface area contributed by atoms with Gasteiger partial charge >= 0.3 is 0 Å². The van der Waals surface area contributed by atoms with Gasteiger partial charge in [-0.1, -0.05) is 36.4 Å². The molecule has 194 valence electrons. The highest BCUT2D eigenvalue weighted by Crippen LogP contribution is 2.33. The third-order valence-electron chi connectivity index (χ3n) is 6.35. The Hall–Kier alpha value is -4.12. The zero-order valence-corrected chi connectivity index (χ0v) is 21.8. The van der Waals surface area contributed by atoms with Gasteiger partial charge in [-0.3, -0.25) is 29.5 Å². The summed E-state index contributed by atoms with van der Waals surface area (Å²) in [5.41, 5.74) is 1.95. The highest BCUT2D eigenvalue weighted by Gasteiger charge is 2.41. The van der Waals surface area contributed by atoms with E-state index in [0.717, 1.165) is 31.9 Å². The number of benzene rings is 3. The number of piperazine rings is 1. The molecule has 2 amide bonds. The van der Waals surface area contributed by atoms with Crippen LogP contribution in [0.25, 0.3) is 6.08 Å². The first kappa shape index (κ1) is 26.9. The van der Waals surface area contributed by atoms with Gasteiger partial charge in [0.15, 0.2) is 5.11 Å². The average molecular weight is 550 g/mol. The number of carbonyl (C=O) groups excluding carboxylic acids is 2. The van der Waals surface area contributed by atoms with E-state index >= 15 is 0 Å². The third-order valence-corrected chi connectivity index (χ3v) is 6.71. The van der Waals surface area contributed by atoms with Gasteiger partial charge in [-0.25, -0.2) is 0 Å². The van der Waals surface area contributed by atoms with Crippen LogP contribution in [0.15, 0.2) is 84.4 Å². The van der Waals surface area contributed by atoms with E-state index in [1.807, 2.05) is 12.1 Å². The van der Waals surface area contributed by atoms with Crippen LogP contribution in [-0.4, -0.2) is 48.0 Å². The standard InChI is InChI=1S/C27H23N5O4S.ClH/c33-25-23(18-19-17-22(32(35)36)11-12-24(19)29-15-13-28-14-16-29)26(34)31(21-9-5-2-6-10-21)27(37)30(25)20-7-3-1-4-8-20;/h1-12,17-18,28H,13-16H2;1H. The first-order valence-electron chi connectivity index (χ1n) is 11.9. The van der Waals surface area contributed by atoms with Crippen LogP contribution in [0.3, 0.4) is 0 Å². The Morgan fingerprint density at radius 1 is 0.842 bits per heavy atom. The summed E-state index contributed by atoms with van der Waals surface area (Å²) in [7, 11) is 0. The van der Waals surface area contributed by atoms with E-state index in [0.29, 0.717) is 16.9 Å². The smallest absolute Gasteiger partial charge is 0.270 e. The number of quaternary nitrogens is 1. The normalized spacial score (nSPS) is 15.8. The molecule has 2 heterocycles. The van der Waals surface area contributed by atoms with Gasteiger partial charge < -0.3 is 22.6 Å². The summed E-state index contributed by atoms with van der Waals surface area (Å²) in [5, 5.41) is 13.8. The van der Waals surface area contributed by atoms with Gasteiger partial charge in [0, 0.05) is 23.4 Å². The molecule has 0 aliphatic carbocycles. The molecule has 2 saturated heterocycles. The number of rotatable bonds is 5. The molecule has 0 aromatic heterocycles. The number of nitrogens with two attached hydrogens (primary N) is 1. The van der Waals surface area contributed by atoms with Gasteiger partial charge in [-0.2, -0.15) is 0 Å². The predicted molar refractivity (Wildman–Crippen MR) is 145 cm³/mol. The number of nitro benzene ring substituents is 1.